The van der Waals surface area contributed by atoms with Crippen LogP contribution in [0.1, 0.15) is 30.3 Å². The van der Waals surface area contributed by atoms with Crippen molar-refractivity contribution >= 4 is 33.6 Å². The number of aromatic nitrogens is 1. The molecule has 1 aliphatic heterocycles. The predicted octanol–water partition coefficient (Wildman–Crippen LogP) is 2.79. The van der Waals surface area contributed by atoms with Gasteiger partial charge in [-0.05, 0) is 47.5 Å². The van der Waals surface area contributed by atoms with Crippen molar-refractivity contribution in [3.63, 3.8) is 0 Å². The van der Waals surface area contributed by atoms with Gasteiger partial charge in [0.25, 0.3) is 5.91 Å². The van der Waals surface area contributed by atoms with Gasteiger partial charge >= 0.3 is 0 Å². The first-order chi connectivity index (χ1) is 7.59. The normalized spacial score (nSPS) is 24.6. The molecule has 2 heterocycles. The van der Waals surface area contributed by atoms with Crippen molar-refractivity contribution in [2.75, 3.05) is 12.3 Å². The molecule has 2 N–H and O–H groups in total. The average Bonchev–Trinajstić information content (AvgIpc) is 2.85. The van der Waals surface area contributed by atoms with Gasteiger partial charge in [0.15, 0.2) is 0 Å². The van der Waals surface area contributed by atoms with Crippen LogP contribution in [-0.2, 0) is 0 Å². The summed E-state index contributed by atoms with van der Waals surface area (Å²) in [4.78, 5) is 14.7. The van der Waals surface area contributed by atoms with Gasteiger partial charge < -0.3 is 10.3 Å². The summed E-state index contributed by atoms with van der Waals surface area (Å²) in [7, 11) is 0. The van der Waals surface area contributed by atoms with E-state index in [4.69, 9.17) is 0 Å². The van der Waals surface area contributed by atoms with Crippen LogP contribution in [0, 0.1) is 0 Å². The molecule has 1 aromatic heterocycles. The lowest BCUT2D eigenvalue weighted by Gasteiger charge is -2.22. The van der Waals surface area contributed by atoms with Crippen molar-refractivity contribution in [3.8, 4) is 0 Å². The van der Waals surface area contributed by atoms with E-state index in [0.29, 0.717) is 5.69 Å². The Morgan fingerprint density at radius 1 is 1.75 bits per heavy atom. The molecule has 0 aliphatic carbocycles. The molecular weight excluding hydrogens is 288 g/mol. The van der Waals surface area contributed by atoms with Gasteiger partial charge in [-0.2, -0.15) is 11.8 Å². The summed E-state index contributed by atoms with van der Waals surface area (Å²) in [6, 6.07) is 1.79. The summed E-state index contributed by atoms with van der Waals surface area (Å²) < 4.78 is 1.12. The number of thioether (sulfide) groups is 1. The Kier molecular flexibility index (Phi) is 3.64. The highest BCUT2D eigenvalue weighted by Crippen LogP contribution is 2.36. The third kappa shape index (κ3) is 2.83. The Balaban J connectivity index is 1.88. The molecule has 1 saturated heterocycles. The second kappa shape index (κ2) is 4.84. The lowest BCUT2D eigenvalue weighted by atomic mass is 10.1. The van der Waals surface area contributed by atoms with E-state index in [1.54, 1.807) is 12.3 Å². The summed E-state index contributed by atoms with van der Waals surface area (Å²) in [5, 5.41) is 2.98. The minimum Gasteiger partial charge on any atom is -0.356 e. The topological polar surface area (TPSA) is 44.9 Å². The fourth-order valence-corrected chi connectivity index (χ4v) is 3.43. The second-order valence-corrected chi connectivity index (χ2v) is 6.91. The zero-order valence-electron chi connectivity index (χ0n) is 9.18. The molecule has 2 rings (SSSR count). The van der Waals surface area contributed by atoms with E-state index in [1.807, 2.05) is 11.8 Å². The molecule has 0 aromatic carbocycles. The molecule has 5 heteroatoms. The van der Waals surface area contributed by atoms with Crippen molar-refractivity contribution in [1.29, 1.82) is 0 Å². The predicted molar refractivity (Wildman–Crippen MR) is 70.9 cm³/mol. The highest BCUT2D eigenvalue weighted by molar-refractivity contribution is 9.10. The van der Waals surface area contributed by atoms with Crippen molar-refractivity contribution in [3.05, 3.63) is 22.4 Å². The van der Waals surface area contributed by atoms with Crippen molar-refractivity contribution < 1.29 is 4.79 Å². The highest BCUT2D eigenvalue weighted by atomic mass is 79.9. The van der Waals surface area contributed by atoms with Crippen LogP contribution in [0.4, 0.5) is 0 Å². The maximum atomic E-state index is 11.8. The first-order valence-corrected chi connectivity index (χ1v) is 7.13. The molecule has 1 fully saturated rings. The van der Waals surface area contributed by atoms with Crippen LogP contribution in [-0.4, -0.2) is 27.9 Å². The Morgan fingerprint density at radius 3 is 3.12 bits per heavy atom. The number of H-pyrrole nitrogens is 1. The molecule has 0 bridgehead atoms. The molecule has 1 unspecified atom stereocenters. The number of aromatic amines is 1. The number of rotatable bonds is 3. The molecule has 1 aromatic rings. The first-order valence-electron chi connectivity index (χ1n) is 5.35. The van der Waals surface area contributed by atoms with Gasteiger partial charge in [-0.3, -0.25) is 4.79 Å². The number of halogens is 1. The van der Waals surface area contributed by atoms with Crippen LogP contribution in [0.15, 0.2) is 16.7 Å². The smallest absolute Gasteiger partial charge is 0.267 e. The van der Waals surface area contributed by atoms with Gasteiger partial charge in [-0.1, -0.05) is 0 Å². The molecule has 0 saturated carbocycles. The minimum atomic E-state index is -0.0283. The number of amides is 1. The van der Waals surface area contributed by atoms with Crippen LogP contribution in [0.2, 0.25) is 0 Å². The van der Waals surface area contributed by atoms with Crippen molar-refractivity contribution in [1.82, 2.24) is 10.3 Å². The summed E-state index contributed by atoms with van der Waals surface area (Å²) in [6.07, 6.45) is 4.21. The van der Waals surface area contributed by atoms with Crippen LogP contribution < -0.4 is 5.32 Å². The molecule has 1 amide bonds. The largest absolute Gasteiger partial charge is 0.356 e. The summed E-state index contributed by atoms with van der Waals surface area (Å²) >= 11 is 5.27. The molecule has 3 nitrogen and oxygen atoms in total. The fourth-order valence-electron chi connectivity index (χ4n) is 1.84. The summed E-state index contributed by atoms with van der Waals surface area (Å²) in [5.41, 5.74) is 0.610. The van der Waals surface area contributed by atoms with Gasteiger partial charge in [0.2, 0.25) is 0 Å². The number of carbonyl (C=O) groups excluding carboxylic acids is 1. The van der Waals surface area contributed by atoms with E-state index >= 15 is 0 Å². The van der Waals surface area contributed by atoms with E-state index in [9.17, 15) is 4.79 Å². The number of carbonyl (C=O) groups is 1. The van der Waals surface area contributed by atoms with E-state index in [0.717, 1.165) is 11.0 Å². The maximum absolute atomic E-state index is 11.8. The zero-order chi connectivity index (χ0) is 11.6. The lowest BCUT2D eigenvalue weighted by Crippen LogP contribution is -2.36. The van der Waals surface area contributed by atoms with E-state index < -0.39 is 0 Å². The van der Waals surface area contributed by atoms with Crippen LogP contribution in [0.25, 0.3) is 0 Å². The average molecular weight is 303 g/mol. The summed E-state index contributed by atoms with van der Waals surface area (Å²) in [6.45, 7) is 2.96. The Labute approximate surface area is 108 Å². The lowest BCUT2D eigenvalue weighted by molar-refractivity contribution is 0.0945. The van der Waals surface area contributed by atoms with Gasteiger partial charge in [-0.25, -0.2) is 0 Å². The molecule has 0 spiro atoms. The van der Waals surface area contributed by atoms with Crippen molar-refractivity contribution in [2.24, 2.45) is 0 Å². The van der Waals surface area contributed by atoms with Gasteiger partial charge in [-0.15, -0.1) is 0 Å². The Bertz CT molecular complexity index is 385. The molecule has 16 heavy (non-hydrogen) atoms. The monoisotopic (exact) mass is 302 g/mol. The molecule has 88 valence electrons. The first kappa shape index (κ1) is 12.0. The Morgan fingerprint density at radius 2 is 2.56 bits per heavy atom. The van der Waals surface area contributed by atoms with E-state index in [2.05, 4.69) is 33.2 Å². The molecular formula is C11H15BrN2OS. The zero-order valence-corrected chi connectivity index (χ0v) is 11.6. The third-order valence-electron chi connectivity index (χ3n) is 2.82. The standard InChI is InChI=1S/C11H15BrN2OS/c1-11(3-2-4-16-11)7-14-10(15)9-5-8(12)6-13-9/h5-6,13H,2-4,7H2,1H3,(H,14,15). The molecule has 0 radical (unpaired) electrons. The van der Waals surface area contributed by atoms with Gasteiger partial charge in [0.1, 0.15) is 5.69 Å². The van der Waals surface area contributed by atoms with Crippen LogP contribution in [0.3, 0.4) is 0 Å². The maximum Gasteiger partial charge on any atom is 0.267 e. The van der Waals surface area contributed by atoms with E-state index in [1.165, 1.54) is 18.6 Å². The second-order valence-electron chi connectivity index (χ2n) is 4.32. The SMILES string of the molecule is CC1(CNC(=O)c2cc(Br)c[nH]2)CCCS1. The molecule has 1 atom stereocenters. The van der Waals surface area contributed by atoms with E-state index in [-0.39, 0.29) is 10.7 Å². The fraction of sp³-hybridized carbons (Fsp3) is 0.545. The number of hydrogen-bond acceptors (Lipinski definition) is 2. The number of hydrogen-bond donors (Lipinski definition) is 2. The Hall–Kier alpha value is -0.420. The van der Waals surface area contributed by atoms with Crippen molar-refractivity contribution in [2.45, 2.75) is 24.5 Å². The summed E-state index contributed by atoms with van der Waals surface area (Å²) in [5.74, 6) is 1.18. The van der Waals surface area contributed by atoms with Gasteiger partial charge in [0.05, 0.1) is 0 Å². The van der Waals surface area contributed by atoms with Crippen LogP contribution >= 0.6 is 27.7 Å². The van der Waals surface area contributed by atoms with Crippen LogP contribution in [0.5, 0.6) is 0 Å². The molecule has 1 aliphatic rings. The quantitative estimate of drug-likeness (QED) is 0.902. The number of nitrogens with one attached hydrogen (secondary N) is 2. The third-order valence-corrected chi connectivity index (χ3v) is 4.81. The van der Waals surface area contributed by atoms with Gasteiger partial charge in [0, 0.05) is 22.0 Å². The highest BCUT2D eigenvalue weighted by Gasteiger charge is 2.29. The minimum absolute atomic E-state index is 0.0283.